The lowest BCUT2D eigenvalue weighted by molar-refractivity contribution is -0.388. The number of carbonyl (C=O) groups is 1. The lowest BCUT2D eigenvalue weighted by Gasteiger charge is -2.11. The highest BCUT2D eigenvalue weighted by molar-refractivity contribution is 7.89. The molecule has 0 aliphatic rings. The largest absolute Gasteiger partial charge is 0.497 e. The summed E-state index contributed by atoms with van der Waals surface area (Å²) in [6, 6.07) is 8.32. The number of nitro benzene ring substituents is 1. The number of nitrogens with zero attached hydrogens (tertiary/aromatic N) is 2. The summed E-state index contributed by atoms with van der Waals surface area (Å²) in [5, 5.41) is 16.8. The van der Waals surface area contributed by atoms with Crippen molar-refractivity contribution < 1.29 is 22.9 Å². The van der Waals surface area contributed by atoms with Gasteiger partial charge in [0.2, 0.25) is 10.0 Å². The maximum absolute atomic E-state index is 12.1. The number of primary sulfonamides is 1. The fraction of sp³-hybridized carbons (Fsp3) is 0.0667. The monoisotopic (exact) mass is 393 g/mol. The quantitative estimate of drug-likeness (QED) is 0.280. The molecule has 0 bridgehead atoms. The summed E-state index contributed by atoms with van der Waals surface area (Å²) in [7, 11) is -3.15. The Morgan fingerprint density at radius 3 is 2.19 bits per heavy atom. The van der Waals surface area contributed by atoms with E-state index in [9.17, 15) is 23.3 Å². The minimum absolute atomic E-state index is 0.0619. The third-order valence-corrected chi connectivity index (χ3v) is 4.44. The molecule has 0 aliphatic heterocycles. The van der Waals surface area contributed by atoms with Crippen LogP contribution >= 0.6 is 0 Å². The van der Waals surface area contributed by atoms with E-state index in [2.05, 4.69) is 4.99 Å². The topological polar surface area (TPSA) is 194 Å². The lowest BCUT2D eigenvalue weighted by Crippen LogP contribution is -2.24. The molecule has 142 valence electrons. The van der Waals surface area contributed by atoms with Crippen LogP contribution in [0.5, 0.6) is 5.75 Å². The summed E-state index contributed by atoms with van der Waals surface area (Å²) >= 11 is 0. The Morgan fingerprint density at radius 2 is 1.74 bits per heavy atom. The molecule has 0 aromatic heterocycles. The predicted octanol–water partition coefficient (Wildman–Crippen LogP) is 0.331. The first-order valence-corrected chi connectivity index (χ1v) is 8.73. The fourth-order valence-electron chi connectivity index (χ4n) is 2.39. The van der Waals surface area contributed by atoms with Crippen molar-refractivity contribution in [3.8, 4) is 16.9 Å². The van der Waals surface area contributed by atoms with Gasteiger partial charge in [0, 0.05) is 5.56 Å². The second-order valence-electron chi connectivity index (χ2n) is 5.21. The molecule has 0 saturated carbocycles. The highest BCUT2D eigenvalue weighted by Crippen LogP contribution is 2.37. The van der Waals surface area contributed by atoms with E-state index in [1.165, 1.54) is 37.4 Å². The number of nitro groups is 1. The minimum atomic E-state index is -4.59. The number of hydrogen-bond acceptors (Lipinski definition) is 6. The Kier molecular flexibility index (Phi) is 5.42. The predicted molar refractivity (Wildman–Crippen MR) is 96.6 cm³/mol. The van der Waals surface area contributed by atoms with Gasteiger partial charge in [-0.3, -0.25) is 14.9 Å². The number of amides is 1. The number of carbonyl (C=O) groups excluding carboxylic acids is 1. The average molecular weight is 393 g/mol. The van der Waals surface area contributed by atoms with E-state index >= 15 is 0 Å². The van der Waals surface area contributed by atoms with Crippen LogP contribution in [0.1, 0.15) is 10.4 Å². The van der Waals surface area contributed by atoms with E-state index in [0.717, 1.165) is 6.07 Å². The van der Waals surface area contributed by atoms with Crippen molar-refractivity contribution in [3.05, 3.63) is 52.1 Å². The number of methoxy groups -OCH3 is 1. The van der Waals surface area contributed by atoms with E-state index in [0.29, 0.717) is 11.3 Å². The molecule has 1 amide bonds. The van der Waals surface area contributed by atoms with Gasteiger partial charge in [-0.15, -0.1) is 0 Å². The number of ether oxygens (including phenoxy) is 1. The van der Waals surface area contributed by atoms with Crippen LogP contribution in [-0.4, -0.2) is 32.3 Å². The van der Waals surface area contributed by atoms with Crippen molar-refractivity contribution in [3.63, 3.8) is 0 Å². The third kappa shape index (κ3) is 4.19. The Morgan fingerprint density at radius 1 is 1.15 bits per heavy atom. The highest BCUT2D eigenvalue weighted by atomic mass is 32.2. The van der Waals surface area contributed by atoms with E-state index in [1.54, 1.807) is 0 Å². The zero-order valence-electron chi connectivity index (χ0n) is 13.9. The van der Waals surface area contributed by atoms with Crippen molar-refractivity contribution in [2.45, 2.75) is 4.90 Å². The molecule has 11 nitrogen and oxygen atoms in total. The number of rotatable bonds is 5. The van der Waals surface area contributed by atoms with Gasteiger partial charge in [-0.25, -0.2) is 13.6 Å². The smallest absolute Gasteiger partial charge is 0.302 e. The van der Waals surface area contributed by atoms with E-state index in [1.807, 2.05) is 0 Å². The zero-order chi connectivity index (χ0) is 20.4. The minimum Gasteiger partial charge on any atom is -0.497 e. The van der Waals surface area contributed by atoms with Crippen molar-refractivity contribution in [1.82, 2.24) is 0 Å². The second kappa shape index (κ2) is 7.39. The van der Waals surface area contributed by atoms with Crippen LogP contribution in [0.15, 0.2) is 46.3 Å². The van der Waals surface area contributed by atoms with Crippen LogP contribution in [0.2, 0.25) is 0 Å². The van der Waals surface area contributed by atoms with Crippen molar-refractivity contribution >= 4 is 27.6 Å². The first-order valence-electron chi connectivity index (χ1n) is 7.19. The SMILES string of the molecule is COc1ccc(-c2ccc(C(=O)N=C(N)N)c([N+](=O)[O-])c2S(N)(=O)=O)cc1. The number of aliphatic imine (C=N–C) groups is 1. The Hall–Kier alpha value is -3.51. The maximum atomic E-state index is 12.1. The molecular weight excluding hydrogens is 378 g/mol. The van der Waals surface area contributed by atoms with Crippen molar-refractivity contribution in [1.29, 1.82) is 0 Å². The van der Waals surface area contributed by atoms with Gasteiger partial charge >= 0.3 is 5.69 Å². The molecular formula is C15H15N5O6S. The number of benzene rings is 2. The Labute approximate surface area is 153 Å². The maximum Gasteiger partial charge on any atom is 0.302 e. The Bertz CT molecular complexity index is 1040. The summed E-state index contributed by atoms with van der Waals surface area (Å²) in [5.41, 5.74) is 8.84. The molecule has 2 aromatic carbocycles. The molecule has 6 N–H and O–H groups in total. The average Bonchev–Trinajstić information content (AvgIpc) is 2.59. The van der Waals surface area contributed by atoms with Gasteiger partial charge in [-0.2, -0.15) is 4.99 Å². The summed E-state index contributed by atoms with van der Waals surface area (Å²) in [4.78, 5) is 25.0. The first-order chi connectivity index (χ1) is 12.6. The summed E-state index contributed by atoms with van der Waals surface area (Å²) in [6.45, 7) is 0. The molecule has 12 heteroatoms. The van der Waals surface area contributed by atoms with Crippen molar-refractivity contribution in [2.75, 3.05) is 7.11 Å². The molecule has 0 spiro atoms. The number of sulfonamides is 1. The van der Waals surface area contributed by atoms with Gasteiger partial charge in [0.1, 0.15) is 11.3 Å². The molecule has 0 atom stereocenters. The second-order valence-corrected chi connectivity index (χ2v) is 6.71. The van der Waals surface area contributed by atoms with Gasteiger partial charge in [0.05, 0.1) is 12.0 Å². The van der Waals surface area contributed by atoms with Gasteiger partial charge in [-0.1, -0.05) is 18.2 Å². The number of guanidine groups is 1. The molecule has 0 saturated heterocycles. The van der Waals surface area contributed by atoms with Crippen LogP contribution < -0.4 is 21.3 Å². The zero-order valence-corrected chi connectivity index (χ0v) is 14.8. The van der Waals surface area contributed by atoms with Crippen LogP contribution in [0.3, 0.4) is 0 Å². The lowest BCUT2D eigenvalue weighted by atomic mass is 10.0. The van der Waals surface area contributed by atoms with Crippen LogP contribution in [0, 0.1) is 10.1 Å². The van der Waals surface area contributed by atoms with E-state index in [-0.39, 0.29) is 5.56 Å². The van der Waals surface area contributed by atoms with Crippen LogP contribution in [0.4, 0.5) is 5.69 Å². The molecule has 27 heavy (non-hydrogen) atoms. The van der Waals surface area contributed by atoms with Gasteiger partial charge < -0.3 is 16.2 Å². The molecule has 0 unspecified atom stereocenters. The van der Waals surface area contributed by atoms with Crippen molar-refractivity contribution in [2.24, 2.45) is 21.6 Å². The normalized spacial score (nSPS) is 10.9. The number of hydrogen-bond donors (Lipinski definition) is 3. The highest BCUT2D eigenvalue weighted by Gasteiger charge is 2.33. The Balaban J connectivity index is 2.87. The summed E-state index contributed by atoms with van der Waals surface area (Å²) in [6.07, 6.45) is 0. The summed E-state index contributed by atoms with van der Waals surface area (Å²) in [5.74, 6) is -1.32. The molecule has 0 aliphatic carbocycles. The van der Waals surface area contributed by atoms with Gasteiger partial charge in [-0.05, 0) is 23.8 Å². The molecule has 0 heterocycles. The molecule has 2 aromatic rings. The molecule has 0 radical (unpaired) electrons. The first kappa shape index (κ1) is 19.8. The van der Waals surface area contributed by atoms with E-state index < -0.39 is 43.0 Å². The van der Waals surface area contributed by atoms with Crippen LogP contribution in [0.25, 0.3) is 11.1 Å². The molecule has 2 rings (SSSR count). The van der Waals surface area contributed by atoms with Gasteiger partial charge in [0.25, 0.3) is 5.91 Å². The fourth-order valence-corrected chi connectivity index (χ4v) is 3.33. The van der Waals surface area contributed by atoms with Gasteiger partial charge in [0.15, 0.2) is 10.9 Å². The standard InChI is InChI=1S/C15H15N5O6S/c1-26-9-4-2-8(3-5-9)10-6-7-11(14(21)19-15(16)17)12(20(22)23)13(10)27(18,24)25/h2-7H,1H3,(H2,18,24,25)(H4,16,17,19,21). The van der Waals surface area contributed by atoms with Crippen LogP contribution in [-0.2, 0) is 10.0 Å². The molecule has 0 fully saturated rings. The third-order valence-electron chi connectivity index (χ3n) is 3.46. The number of nitrogens with two attached hydrogens (primary N) is 3. The van der Waals surface area contributed by atoms with E-state index in [4.69, 9.17) is 21.3 Å². The summed E-state index contributed by atoms with van der Waals surface area (Å²) < 4.78 is 29.3.